The van der Waals surface area contributed by atoms with E-state index in [0.717, 1.165) is 18.8 Å². The Morgan fingerprint density at radius 2 is 2.04 bits per heavy atom. The molecule has 3 unspecified atom stereocenters. The fourth-order valence-corrected chi connectivity index (χ4v) is 6.74. The van der Waals surface area contributed by atoms with Crippen LogP contribution in [0.4, 0.5) is 0 Å². The van der Waals surface area contributed by atoms with Crippen LogP contribution in [-0.2, 0) is 16.7 Å². The Kier molecular flexibility index (Phi) is 4.84. The summed E-state index contributed by atoms with van der Waals surface area (Å²) in [4.78, 5) is 0. The van der Waals surface area contributed by atoms with Crippen molar-refractivity contribution in [2.24, 2.45) is 22.4 Å². The van der Waals surface area contributed by atoms with Crippen LogP contribution < -0.4 is 9.32 Å². The minimum Gasteiger partial charge on any atom is -0.370 e. The molecule has 0 radical (unpaired) electrons. The summed E-state index contributed by atoms with van der Waals surface area (Å²) in [5.41, 5.74) is 5.15. The van der Waals surface area contributed by atoms with Crippen LogP contribution in [0.25, 0.3) is 0 Å². The van der Waals surface area contributed by atoms with Crippen molar-refractivity contribution in [2.45, 2.75) is 65.2 Å². The minimum atomic E-state index is -4.07. The quantitative estimate of drug-likeness (QED) is 0.590. The zero-order valence-corrected chi connectivity index (χ0v) is 17.7. The highest BCUT2D eigenvalue weighted by Crippen LogP contribution is 2.62. The molecule has 4 nitrogen and oxygen atoms in total. The van der Waals surface area contributed by atoms with Gasteiger partial charge in [0, 0.05) is 0 Å². The first kappa shape index (κ1) is 19.5. The van der Waals surface area contributed by atoms with Crippen molar-refractivity contribution in [3.05, 3.63) is 40.5 Å². The fraction of sp³-hybridized carbons (Fsp3) is 0.565. The van der Waals surface area contributed by atoms with Gasteiger partial charge in [-0.25, -0.2) is 0 Å². The molecule has 0 aromatic heterocycles. The Morgan fingerprint density at radius 3 is 2.71 bits per heavy atom. The summed E-state index contributed by atoms with van der Waals surface area (Å²) in [6.45, 7) is 6.41. The van der Waals surface area contributed by atoms with Gasteiger partial charge in [0.2, 0.25) is 0 Å². The van der Waals surface area contributed by atoms with E-state index in [1.54, 1.807) is 12.5 Å². The monoisotopic (exact) mass is 399 g/mol. The summed E-state index contributed by atoms with van der Waals surface area (Å²) >= 11 is 0. The van der Waals surface area contributed by atoms with Crippen molar-refractivity contribution in [1.82, 2.24) is 0 Å². The molecule has 4 rings (SSSR count). The molecule has 0 bridgehead atoms. The van der Waals surface area contributed by atoms with E-state index in [9.17, 15) is 8.42 Å². The SMILES string of the molecule is CC#Cc1cc2c(cc1OS(N)(=O)=O)CCC1C2CC[C@]2(C)C(=CC)CCC12. The van der Waals surface area contributed by atoms with E-state index >= 15 is 0 Å². The number of aryl methyl sites for hydroxylation is 1. The zero-order valence-electron chi connectivity index (χ0n) is 16.9. The third-order valence-electron chi connectivity index (χ3n) is 7.49. The summed E-state index contributed by atoms with van der Waals surface area (Å²) in [5.74, 6) is 8.10. The predicted octanol–water partition coefficient (Wildman–Crippen LogP) is 4.44. The van der Waals surface area contributed by atoms with Gasteiger partial charge in [-0.2, -0.15) is 13.6 Å². The molecule has 5 heteroatoms. The third kappa shape index (κ3) is 3.17. The van der Waals surface area contributed by atoms with Crippen LogP contribution in [0.5, 0.6) is 5.75 Å². The van der Waals surface area contributed by atoms with Crippen molar-refractivity contribution in [1.29, 1.82) is 0 Å². The molecule has 2 N–H and O–H groups in total. The van der Waals surface area contributed by atoms with Gasteiger partial charge in [-0.1, -0.05) is 24.5 Å². The first-order valence-electron chi connectivity index (χ1n) is 10.2. The molecule has 0 heterocycles. The Balaban J connectivity index is 1.74. The van der Waals surface area contributed by atoms with E-state index in [-0.39, 0.29) is 5.75 Å². The lowest BCUT2D eigenvalue weighted by Crippen LogP contribution is -2.40. The maximum Gasteiger partial charge on any atom is 0.380 e. The summed E-state index contributed by atoms with van der Waals surface area (Å²) in [5, 5.41) is 5.11. The van der Waals surface area contributed by atoms with Gasteiger partial charge >= 0.3 is 10.3 Å². The summed E-state index contributed by atoms with van der Waals surface area (Å²) in [7, 11) is -4.07. The smallest absolute Gasteiger partial charge is 0.370 e. The second-order valence-electron chi connectivity index (χ2n) is 8.72. The number of hydrogen-bond acceptors (Lipinski definition) is 3. The maximum absolute atomic E-state index is 11.5. The topological polar surface area (TPSA) is 69.4 Å². The number of nitrogens with two attached hydrogens (primary N) is 1. The van der Waals surface area contributed by atoms with Crippen molar-refractivity contribution in [2.75, 3.05) is 0 Å². The third-order valence-corrected chi connectivity index (χ3v) is 7.90. The maximum atomic E-state index is 11.5. The molecule has 2 fully saturated rings. The molecule has 150 valence electrons. The van der Waals surface area contributed by atoms with Crippen molar-refractivity contribution < 1.29 is 12.6 Å². The second-order valence-corrected chi connectivity index (χ2v) is 9.87. The Hall–Kier alpha value is -1.77. The Morgan fingerprint density at radius 1 is 1.25 bits per heavy atom. The lowest BCUT2D eigenvalue weighted by Gasteiger charge is -2.49. The molecule has 0 amide bonds. The van der Waals surface area contributed by atoms with E-state index in [4.69, 9.17) is 9.32 Å². The van der Waals surface area contributed by atoms with Crippen LogP contribution in [0, 0.1) is 29.1 Å². The van der Waals surface area contributed by atoms with Crippen molar-refractivity contribution in [3.8, 4) is 17.6 Å². The fourth-order valence-electron chi connectivity index (χ4n) is 6.35. The molecular weight excluding hydrogens is 370 g/mol. The van der Waals surface area contributed by atoms with Crippen LogP contribution in [0.3, 0.4) is 0 Å². The molecule has 3 aliphatic rings. The molecule has 0 aliphatic heterocycles. The molecule has 3 aliphatic carbocycles. The van der Waals surface area contributed by atoms with E-state index in [1.807, 2.05) is 6.07 Å². The van der Waals surface area contributed by atoms with Crippen molar-refractivity contribution in [3.63, 3.8) is 0 Å². The summed E-state index contributed by atoms with van der Waals surface area (Å²) in [6.07, 6.45) is 9.39. The molecule has 4 atom stereocenters. The van der Waals surface area contributed by atoms with Crippen LogP contribution in [0.15, 0.2) is 23.8 Å². The Labute approximate surface area is 168 Å². The average Bonchev–Trinajstić information content (AvgIpc) is 2.97. The number of allylic oxidation sites excluding steroid dienone is 2. The normalized spacial score (nSPS) is 32.7. The van der Waals surface area contributed by atoms with Crippen molar-refractivity contribution >= 4 is 10.3 Å². The molecule has 28 heavy (non-hydrogen) atoms. The van der Waals surface area contributed by atoms with Gasteiger partial charge in [-0.15, -0.1) is 5.92 Å². The van der Waals surface area contributed by atoms with Gasteiger partial charge in [0.05, 0.1) is 5.56 Å². The van der Waals surface area contributed by atoms with Gasteiger partial charge in [0.15, 0.2) is 5.75 Å². The summed E-state index contributed by atoms with van der Waals surface area (Å²) < 4.78 is 28.0. The number of hydrogen-bond donors (Lipinski definition) is 1. The van der Waals surface area contributed by atoms with Gasteiger partial charge in [0.1, 0.15) is 0 Å². The van der Waals surface area contributed by atoms with Crippen LogP contribution in [0.2, 0.25) is 0 Å². The zero-order chi connectivity index (χ0) is 20.1. The van der Waals surface area contributed by atoms with Crippen LogP contribution in [-0.4, -0.2) is 8.42 Å². The number of fused-ring (bicyclic) bond motifs is 5. The molecule has 0 spiro atoms. The average molecular weight is 400 g/mol. The van der Waals surface area contributed by atoms with Gasteiger partial charge in [0.25, 0.3) is 0 Å². The first-order valence-corrected chi connectivity index (χ1v) is 11.7. The van der Waals surface area contributed by atoms with Gasteiger partial charge in [-0.3, -0.25) is 0 Å². The molecule has 2 saturated carbocycles. The van der Waals surface area contributed by atoms with Crippen LogP contribution >= 0.6 is 0 Å². The minimum absolute atomic E-state index is 0.256. The predicted molar refractivity (Wildman–Crippen MR) is 111 cm³/mol. The van der Waals surface area contributed by atoms with E-state index in [1.165, 1.54) is 36.8 Å². The highest BCUT2D eigenvalue weighted by atomic mass is 32.2. The molecular formula is C23H29NO3S. The van der Waals surface area contributed by atoms with Crippen LogP contribution in [0.1, 0.15) is 75.5 Å². The van der Waals surface area contributed by atoms with E-state index in [2.05, 4.69) is 37.8 Å². The number of rotatable bonds is 2. The summed E-state index contributed by atoms with van der Waals surface area (Å²) in [6, 6.07) is 3.92. The largest absolute Gasteiger partial charge is 0.380 e. The molecule has 1 aromatic rings. The number of benzene rings is 1. The highest BCUT2D eigenvalue weighted by molar-refractivity contribution is 7.84. The van der Waals surface area contributed by atoms with Gasteiger partial charge in [-0.05, 0) is 98.8 Å². The first-order chi connectivity index (χ1) is 13.3. The second kappa shape index (κ2) is 6.93. The highest BCUT2D eigenvalue weighted by Gasteiger charge is 2.52. The van der Waals surface area contributed by atoms with E-state index < -0.39 is 10.3 Å². The molecule has 1 aromatic carbocycles. The van der Waals surface area contributed by atoms with Gasteiger partial charge < -0.3 is 4.18 Å². The Bertz CT molecular complexity index is 999. The molecule has 0 saturated heterocycles. The lowest BCUT2D eigenvalue weighted by atomic mass is 9.55. The standard InChI is InChI=1S/C23H29NO3S/c1-4-6-16-13-20-15(14-22(16)27-28(24,25)26)7-9-19-18(20)11-12-23(3)17(5-2)8-10-21(19)23/h5,13-14,18-19,21H,7-12H2,1-3H3,(H2,24,25,26)/t18?,19?,21?,23-/m1/s1. The lowest BCUT2D eigenvalue weighted by molar-refractivity contribution is 0.0813. The van der Waals surface area contributed by atoms with E-state index in [0.29, 0.717) is 22.8 Å².